The van der Waals surface area contributed by atoms with Crippen LogP contribution < -0.4 is 11.1 Å². The van der Waals surface area contributed by atoms with Crippen molar-refractivity contribution in [2.24, 2.45) is 28.9 Å². The number of hydrogen-bond acceptors (Lipinski definition) is 4. The number of nitrogens with two attached hydrogens (primary N) is 1. The molecular formula is C17H20N2O5. The molecule has 2 aliphatic rings. The fraction of sp³-hybridized carbons (Fsp3) is 0.471. The zero-order valence-electron chi connectivity index (χ0n) is 13.2. The predicted octanol–water partition coefficient (Wildman–Crippen LogP) is 0.442. The third kappa shape index (κ3) is 2.11. The van der Waals surface area contributed by atoms with Gasteiger partial charge in [0.05, 0.1) is 5.92 Å². The molecule has 7 nitrogen and oxygen atoms in total. The van der Waals surface area contributed by atoms with E-state index in [2.05, 4.69) is 5.32 Å². The second-order valence-corrected chi connectivity index (χ2v) is 6.91. The van der Waals surface area contributed by atoms with Crippen LogP contribution in [0.25, 0.3) is 0 Å². The minimum Gasteiger partial charge on any atom is -0.481 e. The SMILES string of the molecule is C[C@@]12[C@@H]([C@@H](C(=O)NCc3ccccc3)C[C@]1(N)C(=O)O)[C@H]2C(=O)O. The Bertz CT molecular complexity index is 706. The number of aliphatic carboxylic acids is 2. The van der Waals surface area contributed by atoms with Crippen molar-refractivity contribution in [2.45, 2.75) is 25.4 Å². The van der Waals surface area contributed by atoms with E-state index < -0.39 is 40.6 Å². The van der Waals surface area contributed by atoms with Crippen molar-refractivity contribution in [2.75, 3.05) is 0 Å². The Balaban J connectivity index is 1.78. The molecular weight excluding hydrogens is 312 g/mol. The van der Waals surface area contributed by atoms with Crippen LogP contribution in [0.1, 0.15) is 18.9 Å². The van der Waals surface area contributed by atoms with E-state index in [0.29, 0.717) is 6.54 Å². The molecule has 0 aliphatic heterocycles. The van der Waals surface area contributed by atoms with Crippen molar-refractivity contribution in [3.8, 4) is 0 Å². The van der Waals surface area contributed by atoms with E-state index >= 15 is 0 Å². The summed E-state index contributed by atoms with van der Waals surface area (Å²) < 4.78 is 0. The molecule has 1 amide bonds. The first-order valence-electron chi connectivity index (χ1n) is 7.80. The smallest absolute Gasteiger partial charge is 0.324 e. The van der Waals surface area contributed by atoms with Crippen LogP contribution in [0.4, 0.5) is 0 Å². The Kier molecular flexibility index (Phi) is 3.64. The van der Waals surface area contributed by atoms with E-state index in [-0.39, 0.29) is 12.3 Å². The van der Waals surface area contributed by atoms with Crippen molar-refractivity contribution < 1.29 is 24.6 Å². The van der Waals surface area contributed by atoms with Crippen molar-refractivity contribution in [1.82, 2.24) is 5.32 Å². The molecule has 0 spiro atoms. The Labute approximate surface area is 138 Å². The molecule has 7 heteroatoms. The summed E-state index contributed by atoms with van der Waals surface area (Å²) in [7, 11) is 0. The maximum Gasteiger partial charge on any atom is 0.324 e. The van der Waals surface area contributed by atoms with Gasteiger partial charge >= 0.3 is 11.9 Å². The van der Waals surface area contributed by atoms with Gasteiger partial charge in [0.25, 0.3) is 0 Å². The largest absolute Gasteiger partial charge is 0.481 e. The van der Waals surface area contributed by atoms with E-state index in [0.717, 1.165) is 5.56 Å². The summed E-state index contributed by atoms with van der Waals surface area (Å²) in [5.41, 5.74) is 4.16. The lowest BCUT2D eigenvalue weighted by atomic mass is 9.80. The van der Waals surface area contributed by atoms with E-state index in [1.807, 2.05) is 30.3 Å². The standard InChI is InChI=1S/C17H20N2O5/c1-16-11(12(16)14(21)22)10(7-17(16,18)15(23)24)13(20)19-8-9-5-3-2-4-6-9/h2-6,10-12H,7-8,18H2,1H3,(H,19,20)(H,21,22)(H,23,24)/t10-,11-,12-,16-,17-/m0/s1. The Hall–Kier alpha value is -2.41. The summed E-state index contributed by atoms with van der Waals surface area (Å²) in [5, 5.41) is 21.6. The van der Waals surface area contributed by atoms with Crippen molar-refractivity contribution in [3.05, 3.63) is 35.9 Å². The first-order valence-corrected chi connectivity index (χ1v) is 7.80. The van der Waals surface area contributed by atoms with Crippen LogP contribution >= 0.6 is 0 Å². The Morgan fingerprint density at radius 1 is 1.25 bits per heavy atom. The van der Waals surface area contributed by atoms with Crippen LogP contribution in [-0.2, 0) is 20.9 Å². The van der Waals surface area contributed by atoms with Crippen molar-refractivity contribution >= 4 is 17.8 Å². The first kappa shape index (κ1) is 16.4. The Morgan fingerprint density at radius 2 is 1.88 bits per heavy atom. The van der Waals surface area contributed by atoms with Gasteiger partial charge in [-0.25, -0.2) is 0 Å². The zero-order chi connectivity index (χ0) is 17.7. The molecule has 0 bridgehead atoms. The number of carboxylic acid groups (broad SMARTS) is 2. The highest BCUT2D eigenvalue weighted by molar-refractivity contribution is 5.92. The highest BCUT2D eigenvalue weighted by atomic mass is 16.4. The predicted molar refractivity (Wildman–Crippen MR) is 83.7 cm³/mol. The number of fused-ring (bicyclic) bond motifs is 1. The number of carbonyl (C=O) groups excluding carboxylic acids is 1. The van der Waals surface area contributed by atoms with Gasteiger partial charge in [0, 0.05) is 17.9 Å². The Morgan fingerprint density at radius 3 is 2.42 bits per heavy atom. The monoisotopic (exact) mass is 332 g/mol. The summed E-state index contributed by atoms with van der Waals surface area (Å²) in [6.07, 6.45) is -0.0477. The van der Waals surface area contributed by atoms with Crippen LogP contribution in [0.3, 0.4) is 0 Å². The highest BCUT2D eigenvalue weighted by Crippen LogP contribution is 2.73. The number of rotatable bonds is 5. The third-order valence-corrected chi connectivity index (χ3v) is 5.82. The van der Waals surface area contributed by atoms with E-state index in [9.17, 15) is 24.6 Å². The average Bonchev–Trinajstić information content (AvgIpc) is 3.11. The lowest BCUT2D eigenvalue weighted by Gasteiger charge is -2.29. The molecule has 0 heterocycles. The van der Waals surface area contributed by atoms with Crippen LogP contribution in [0, 0.1) is 23.2 Å². The third-order valence-electron chi connectivity index (χ3n) is 5.82. The zero-order valence-corrected chi connectivity index (χ0v) is 13.2. The van der Waals surface area contributed by atoms with E-state index in [4.69, 9.17) is 5.73 Å². The summed E-state index contributed by atoms with van der Waals surface area (Å²) in [5.74, 6) is -4.85. The molecule has 0 radical (unpaired) electrons. The molecule has 0 aromatic heterocycles. The van der Waals surface area contributed by atoms with Gasteiger partial charge < -0.3 is 21.3 Å². The second-order valence-electron chi connectivity index (χ2n) is 6.91. The summed E-state index contributed by atoms with van der Waals surface area (Å²) in [6, 6.07) is 9.29. The maximum atomic E-state index is 12.5. The molecule has 5 N–H and O–H groups in total. The highest BCUT2D eigenvalue weighted by Gasteiger charge is 2.83. The van der Waals surface area contributed by atoms with Crippen LogP contribution in [0.2, 0.25) is 0 Å². The molecule has 24 heavy (non-hydrogen) atoms. The molecule has 2 fully saturated rings. The van der Waals surface area contributed by atoms with E-state index in [1.54, 1.807) is 6.92 Å². The molecule has 0 saturated heterocycles. The van der Waals surface area contributed by atoms with Crippen LogP contribution in [-0.4, -0.2) is 33.6 Å². The molecule has 5 atom stereocenters. The van der Waals surface area contributed by atoms with Crippen molar-refractivity contribution in [3.63, 3.8) is 0 Å². The average molecular weight is 332 g/mol. The maximum absolute atomic E-state index is 12.5. The summed E-state index contributed by atoms with van der Waals surface area (Å²) in [6.45, 7) is 1.87. The van der Waals surface area contributed by atoms with Gasteiger partial charge in [-0.05, 0) is 17.9 Å². The number of nitrogens with one attached hydrogen (secondary N) is 1. The first-order chi connectivity index (χ1) is 11.2. The second kappa shape index (κ2) is 5.31. The lowest BCUT2D eigenvalue weighted by molar-refractivity contribution is -0.148. The number of hydrogen-bond donors (Lipinski definition) is 4. The van der Waals surface area contributed by atoms with Crippen molar-refractivity contribution in [1.29, 1.82) is 0 Å². The minimum atomic E-state index is -1.70. The van der Waals surface area contributed by atoms with Gasteiger partial charge in [0.1, 0.15) is 5.54 Å². The number of amides is 1. The molecule has 2 aliphatic carbocycles. The molecule has 2 saturated carbocycles. The fourth-order valence-electron chi connectivity index (χ4n) is 4.36. The molecule has 1 aromatic carbocycles. The molecule has 3 rings (SSSR count). The van der Waals surface area contributed by atoms with Gasteiger partial charge in [0.15, 0.2) is 0 Å². The van der Waals surface area contributed by atoms with Crippen LogP contribution in [0.15, 0.2) is 30.3 Å². The quantitative estimate of drug-likeness (QED) is 0.619. The summed E-state index contributed by atoms with van der Waals surface area (Å²) in [4.78, 5) is 35.6. The minimum absolute atomic E-state index is 0.0477. The lowest BCUT2D eigenvalue weighted by Crippen LogP contribution is -2.55. The van der Waals surface area contributed by atoms with Crippen LogP contribution in [0.5, 0.6) is 0 Å². The number of benzene rings is 1. The van der Waals surface area contributed by atoms with Gasteiger partial charge in [-0.1, -0.05) is 37.3 Å². The van der Waals surface area contributed by atoms with Gasteiger partial charge in [0.2, 0.25) is 5.91 Å². The normalized spacial score (nSPS) is 36.7. The summed E-state index contributed by atoms with van der Waals surface area (Å²) >= 11 is 0. The van der Waals surface area contributed by atoms with E-state index in [1.165, 1.54) is 0 Å². The fourth-order valence-corrected chi connectivity index (χ4v) is 4.36. The van der Waals surface area contributed by atoms with Gasteiger partial charge in [-0.3, -0.25) is 14.4 Å². The molecule has 128 valence electrons. The molecule has 1 aromatic rings. The van der Waals surface area contributed by atoms with Gasteiger partial charge in [-0.2, -0.15) is 0 Å². The number of carboxylic acids is 2. The number of carbonyl (C=O) groups is 3. The topological polar surface area (TPSA) is 130 Å². The van der Waals surface area contributed by atoms with Gasteiger partial charge in [-0.15, -0.1) is 0 Å². The molecule has 0 unspecified atom stereocenters.